The smallest absolute Gasteiger partial charge is 0.276 e. The highest BCUT2D eigenvalue weighted by molar-refractivity contribution is 6.31. The summed E-state index contributed by atoms with van der Waals surface area (Å²) in [6.45, 7) is 5.21. The number of aliphatic hydroxyl groups is 1. The van der Waals surface area contributed by atoms with Gasteiger partial charge in [-0.15, -0.1) is 0 Å². The van der Waals surface area contributed by atoms with Crippen molar-refractivity contribution in [2.24, 2.45) is 11.8 Å². The summed E-state index contributed by atoms with van der Waals surface area (Å²) in [6, 6.07) is 1.62. The number of piperidine rings is 1. The summed E-state index contributed by atoms with van der Waals surface area (Å²) >= 11 is 5.86. The second-order valence-corrected chi connectivity index (χ2v) is 11.8. The van der Waals surface area contributed by atoms with Gasteiger partial charge in [0.05, 0.1) is 34.8 Å². The lowest BCUT2D eigenvalue weighted by Crippen LogP contribution is -2.29. The number of hydrogen-bond acceptors (Lipinski definition) is 8. The zero-order valence-corrected chi connectivity index (χ0v) is 24.4. The number of carbonyl (C=O) groups is 2. The molecule has 0 unspecified atom stereocenters. The van der Waals surface area contributed by atoms with Gasteiger partial charge in [-0.1, -0.05) is 17.7 Å². The fraction of sp³-hybridized carbons (Fsp3) is 0.345. The van der Waals surface area contributed by atoms with Crippen LogP contribution in [0.4, 0.5) is 24.8 Å². The lowest BCUT2D eigenvalue weighted by molar-refractivity contribution is -0.118. The van der Waals surface area contributed by atoms with Crippen LogP contribution in [0.2, 0.25) is 5.02 Å². The SMILES string of the molecule is C[C@@H](c1cnc(N2C[C@H]3C[C@H]3C2=O)nc1)n1cc(NC(=O)c2nc(-c3c(C(F)F)ccc(Cl)c3F)cnc2C(C)(C)O)cn1. The Morgan fingerprint density at radius 1 is 1.16 bits per heavy atom. The summed E-state index contributed by atoms with van der Waals surface area (Å²) in [6.07, 6.45) is 5.02. The average molecular weight is 627 g/mol. The zero-order chi connectivity index (χ0) is 31.5. The molecule has 1 saturated carbocycles. The number of rotatable bonds is 8. The van der Waals surface area contributed by atoms with Gasteiger partial charge in [0.1, 0.15) is 11.3 Å². The number of alkyl halides is 2. The van der Waals surface area contributed by atoms with E-state index in [1.165, 1.54) is 20.0 Å². The monoisotopic (exact) mass is 626 g/mol. The highest BCUT2D eigenvalue weighted by Gasteiger charge is 2.53. The Kier molecular flexibility index (Phi) is 7.36. The molecule has 3 aromatic heterocycles. The second kappa shape index (κ2) is 10.9. The van der Waals surface area contributed by atoms with E-state index in [2.05, 4.69) is 30.4 Å². The summed E-state index contributed by atoms with van der Waals surface area (Å²) in [5.74, 6) is -1.09. The van der Waals surface area contributed by atoms with Crippen LogP contribution in [-0.4, -0.2) is 53.2 Å². The molecule has 2 N–H and O–H groups in total. The Hall–Kier alpha value is -4.43. The number of benzene rings is 1. The number of nitrogens with one attached hydrogen (secondary N) is 1. The lowest BCUT2D eigenvalue weighted by Gasteiger charge is -2.20. The minimum atomic E-state index is -3.06. The first-order valence-corrected chi connectivity index (χ1v) is 14.1. The Labute approximate surface area is 254 Å². The van der Waals surface area contributed by atoms with Crippen LogP contribution >= 0.6 is 11.6 Å². The van der Waals surface area contributed by atoms with Gasteiger partial charge < -0.3 is 10.4 Å². The first kappa shape index (κ1) is 29.6. The molecule has 2 aliphatic rings. The molecular weight excluding hydrogens is 601 g/mol. The van der Waals surface area contributed by atoms with Crippen molar-refractivity contribution in [1.29, 1.82) is 0 Å². The van der Waals surface area contributed by atoms with Gasteiger partial charge in [-0.25, -0.2) is 28.1 Å². The molecule has 15 heteroatoms. The van der Waals surface area contributed by atoms with Gasteiger partial charge in [0.15, 0.2) is 11.5 Å². The van der Waals surface area contributed by atoms with E-state index in [4.69, 9.17) is 11.6 Å². The Bertz CT molecular complexity index is 1780. The number of hydrogen-bond donors (Lipinski definition) is 2. The average Bonchev–Trinajstić information content (AvgIpc) is 3.49. The Morgan fingerprint density at radius 3 is 2.52 bits per heavy atom. The molecule has 11 nitrogen and oxygen atoms in total. The van der Waals surface area contributed by atoms with Gasteiger partial charge in [-0.2, -0.15) is 5.10 Å². The summed E-state index contributed by atoms with van der Waals surface area (Å²) in [5.41, 5.74) is -2.93. The number of carbonyl (C=O) groups excluding carboxylic acids is 2. The highest BCUT2D eigenvalue weighted by Crippen LogP contribution is 2.46. The third kappa shape index (κ3) is 5.39. The molecule has 1 saturated heterocycles. The highest BCUT2D eigenvalue weighted by atomic mass is 35.5. The standard InChI is InChI=1S/C29H26ClF3N8O3/c1-13(15-7-35-28(36-8-15)40-11-14-6-18(14)27(40)43)41-12-16(9-37-41)38-26(42)23-24(29(2,3)44)34-10-20(39-23)21-17(25(32)33)4-5-19(30)22(21)31/h4-5,7-10,12-14,18,25,44H,6,11H2,1-3H3,(H,38,42)/t13-,14+,18+/m0/s1. The Morgan fingerprint density at radius 2 is 1.89 bits per heavy atom. The first-order valence-electron chi connectivity index (χ1n) is 13.7. The predicted octanol–water partition coefficient (Wildman–Crippen LogP) is 4.93. The third-order valence-corrected chi connectivity index (χ3v) is 8.04. The van der Waals surface area contributed by atoms with Crippen LogP contribution in [0.15, 0.2) is 43.1 Å². The van der Waals surface area contributed by atoms with Crippen LogP contribution in [-0.2, 0) is 10.4 Å². The summed E-state index contributed by atoms with van der Waals surface area (Å²) in [7, 11) is 0. The van der Waals surface area contributed by atoms with E-state index in [1.807, 2.05) is 6.92 Å². The maximum Gasteiger partial charge on any atom is 0.276 e. The fourth-order valence-electron chi connectivity index (χ4n) is 5.22. The third-order valence-electron chi connectivity index (χ3n) is 7.75. The molecule has 44 heavy (non-hydrogen) atoms. The second-order valence-electron chi connectivity index (χ2n) is 11.3. The minimum Gasteiger partial charge on any atom is -0.384 e. The molecule has 1 aliphatic carbocycles. The predicted molar refractivity (Wildman–Crippen MR) is 153 cm³/mol. The van der Waals surface area contributed by atoms with Gasteiger partial charge in [0.2, 0.25) is 11.9 Å². The molecular formula is C29H26ClF3N8O3. The van der Waals surface area contributed by atoms with Crippen molar-refractivity contribution < 1.29 is 27.9 Å². The van der Waals surface area contributed by atoms with Crippen LogP contribution in [0.1, 0.15) is 67.0 Å². The molecule has 4 heterocycles. The van der Waals surface area contributed by atoms with E-state index in [-0.39, 0.29) is 34.9 Å². The van der Waals surface area contributed by atoms with Crippen LogP contribution in [0.25, 0.3) is 11.3 Å². The van der Waals surface area contributed by atoms with Crippen molar-refractivity contribution >= 4 is 35.1 Å². The molecule has 2 amide bonds. The molecule has 0 bridgehead atoms. The van der Waals surface area contributed by atoms with Crippen molar-refractivity contribution in [1.82, 2.24) is 29.7 Å². The quantitative estimate of drug-likeness (QED) is 0.281. The minimum absolute atomic E-state index is 0.0541. The van der Waals surface area contributed by atoms with Crippen molar-refractivity contribution in [3.63, 3.8) is 0 Å². The Balaban J connectivity index is 1.24. The molecule has 3 atom stereocenters. The van der Waals surface area contributed by atoms with Gasteiger partial charge in [0.25, 0.3) is 12.3 Å². The number of anilines is 2. The zero-order valence-electron chi connectivity index (χ0n) is 23.7. The fourth-order valence-corrected chi connectivity index (χ4v) is 5.38. The van der Waals surface area contributed by atoms with Crippen LogP contribution in [0.3, 0.4) is 0 Å². The van der Waals surface area contributed by atoms with Gasteiger partial charge in [-0.05, 0) is 39.2 Å². The summed E-state index contributed by atoms with van der Waals surface area (Å²) in [4.78, 5) is 44.3. The van der Waals surface area contributed by atoms with E-state index in [9.17, 15) is 27.9 Å². The van der Waals surface area contributed by atoms with Crippen molar-refractivity contribution in [3.8, 4) is 11.3 Å². The maximum atomic E-state index is 15.0. The molecule has 2 fully saturated rings. The number of nitrogens with zero attached hydrogens (tertiary/aromatic N) is 7. The van der Waals surface area contributed by atoms with Crippen molar-refractivity contribution in [2.45, 2.75) is 45.3 Å². The van der Waals surface area contributed by atoms with Crippen molar-refractivity contribution in [2.75, 3.05) is 16.8 Å². The molecule has 1 aliphatic heterocycles. The van der Waals surface area contributed by atoms with Crippen LogP contribution in [0.5, 0.6) is 0 Å². The number of aromatic nitrogens is 6. The molecule has 0 spiro atoms. The topological polar surface area (TPSA) is 139 Å². The van der Waals surface area contributed by atoms with E-state index < -0.39 is 45.6 Å². The number of halogens is 4. The summed E-state index contributed by atoms with van der Waals surface area (Å²) in [5, 5.41) is 17.2. The van der Waals surface area contributed by atoms with Crippen LogP contribution in [0, 0.1) is 17.7 Å². The maximum absolute atomic E-state index is 15.0. The van der Waals surface area contributed by atoms with E-state index in [1.54, 1.807) is 28.2 Å². The largest absolute Gasteiger partial charge is 0.384 e. The van der Waals surface area contributed by atoms with Crippen LogP contribution < -0.4 is 10.2 Å². The molecule has 4 aromatic rings. The lowest BCUT2D eigenvalue weighted by atomic mass is 10.00. The first-order chi connectivity index (χ1) is 20.8. The number of amides is 2. The number of fused-ring (bicyclic) bond motifs is 1. The summed E-state index contributed by atoms with van der Waals surface area (Å²) < 4.78 is 44.0. The molecule has 6 rings (SSSR count). The van der Waals surface area contributed by atoms with Gasteiger partial charge in [-0.3, -0.25) is 24.2 Å². The van der Waals surface area contributed by atoms with Gasteiger partial charge in [0, 0.05) is 47.7 Å². The normalized spacial score (nSPS) is 18.5. The van der Waals surface area contributed by atoms with Gasteiger partial charge >= 0.3 is 0 Å². The molecule has 228 valence electrons. The van der Waals surface area contributed by atoms with Crippen molar-refractivity contribution in [3.05, 3.63) is 76.5 Å². The molecule has 1 aromatic carbocycles. The van der Waals surface area contributed by atoms with E-state index >= 15 is 0 Å². The molecule has 0 radical (unpaired) electrons. The van der Waals surface area contributed by atoms with E-state index in [0.29, 0.717) is 24.0 Å². The van der Waals surface area contributed by atoms with E-state index in [0.717, 1.165) is 24.8 Å².